The third kappa shape index (κ3) is 3.46. The van der Waals surface area contributed by atoms with Crippen molar-refractivity contribution in [2.45, 2.75) is 20.8 Å². The maximum absolute atomic E-state index is 12.0. The summed E-state index contributed by atoms with van der Waals surface area (Å²) < 4.78 is 5.02. The zero-order valence-corrected chi connectivity index (χ0v) is 12.8. The van der Waals surface area contributed by atoms with Gasteiger partial charge in [0.25, 0.3) is 0 Å². The van der Waals surface area contributed by atoms with E-state index in [9.17, 15) is 9.59 Å². The maximum atomic E-state index is 12.0. The number of esters is 1. The topological polar surface area (TPSA) is 83.2 Å². The molecule has 1 aromatic carbocycles. The average Bonchev–Trinajstić information content (AvgIpc) is 2.74. The van der Waals surface area contributed by atoms with Crippen molar-refractivity contribution in [2.24, 2.45) is 0 Å². The fraction of sp³-hybridized carbons (Fsp3) is 0.250. The highest BCUT2D eigenvalue weighted by Gasteiger charge is 2.20. The lowest BCUT2D eigenvalue weighted by molar-refractivity contribution is 0.0525. The zero-order chi connectivity index (χ0) is 16.1. The number of carbonyl (C=O) groups excluding carboxylic acids is 2. The van der Waals surface area contributed by atoms with Gasteiger partial charge in [-0.1, -0.05) is 18.2 Å². The number of aromatic amines is 1. The number of anilines is 2. The minimum atomic E-state index is -0.398. The quantitative estimate of drug-likeness (QED) is 0.756. The molecule has 2 aromatic rings. The van der Waals surface area contributed by atoms with Crippen LogP contribution in [0, 0.1) is 13.8 Å². The molecular weight excluding hydrogens is 282 g/mol. The van der Waals surface area contributed by atoms with Gasteiger partial charge in [-0.25, -0.2) is 9.59 Å². The molecule has 0 saturated carbocycles. The predicted octanol–water partition coefficient (Wildman–Crippen LogP) is 3.45. The van der Waals surface area contributed by atoms with Gasteiger partial charge in [0.1, 0.15) is 5.82 Å². The van der Waals surface area contributed by atoms with Crippen LogP contribution in [-0.2, 0) is 4.74 Å². The fourth-order valence-corrected chi connectivity index (χ4v) is 2.18. The summed E-state index contributed by atoms with van der Waals surface area (Å²) in [6.45, 7) is 5.58. The number of aromatic nitrogens is 1. The molecule has 6 nitrogen and oxygen atoms in total. The van der Waals surface area contributed by atoms with Crippen LogP contribution in [0.25, 0.3) is 0 Å². The van der Waals surface area contributed by atoms with Gasteiger partial charge in [0.15, 0.2) is 0 Å². The number of nitrogens with one attached hydrogen (secondary N) is 3. The van der Waals surface area contributed by atoms with Crippen molar-refractivity contribution in [2.75, 3.05) is 17.2 Å². The molecule has 0 aliphatic rings. The van der Waals surface area contributed by atoms with Crippen LogP contribution in [0.1, 0.15) is 28.5 Å². The number of hydrogen-bond donors (Lipinski definition) is 3. The third-order valence-corrected chi connectivity index (χ3v) is 3.19. The van der Waals surface area contributed by atoms with Gasteiger partial charge >= 0.3 is 12.0 Å². The number of carbonyl (C=O) groups is 2. The lowest BCUT2D eigenvalue weighted by atomic mass is 10.1. The smallest absolute Gasteiger partial charge is 0.340 e. The summed E-state index contributed by atoms with van der Waals surface area (Å²) in [6.07, 6.45) is 0. The Morgan fingerprint density at radius 1 is 1.14 bits per heavy atom. The number of urea groups is 1. The highest BCUT2D eigenvalue weighted by molar-refractivity contribution is 6.01. The molecule has 6 heteroatoms. The second kappa shape index (κ2) is 6.80. The Morgan fingerprint density at radius 3 is 2.45 bits per heavy atom. The van der Waals surface area contributed by atoms with E-state index in [1.54, 1.807) is 32.9 Å². The Bertz CT molecular complexity index is 677. The van der Waals surface area contributed by atoms with Crippen LogP contribution in [0.5, 0.6) is 0 Å². The number of H-pyrrole nitrogens is 1. The summed E-state index contributed by atoms with van der Waals surface area (Å²) >= 11 is 0. The van der Waals surface area contributed by atoms with Crippen molar-refractivity contribution in [3.05, 3.63) is 47.2 Å². The Balaban J connectivity index is 2.12. The molecule has 0 aliphatic heterocycles. The van der Waals surface area contributed by atoms with Gasteiger partial charge in [-0.3, -0.25) is 5.32 Å². The van der Waals surface area contributed by atoms with Gasteiger partial charge in [0.05, 0.1) is 12.2 Å². The van der Waals surface area contributed by atoms with Crippen molar-refractivity contribution < 1.29 is 14.3 Å². The third-order valence-electron chi connectivity index (χ3n) is 3.19. The van der Waals surface area contributed by atoms with E-state index in [-0.39, 0.29) is 6.03 Å². The van der Waals surface area contributed by atoms with Crippen LogP contribution in [0.15, 0.2) is 30.3 Å². The Kier molecular flexibility index (Phi) is 4.83. The molecule has 22 heavy (non-hydrogen) atoms. The van der Waals surface area contributed by atoms with Crippen LogP contribution in [0.3, 0.4) is 0 Å². The highest BCUT2D eigenvalue weighted by Crippen LogP contribution is 2.23. The number of ether oxygens (including phenoxy) is 1. The highest BCUT2D eigenvalue weighted by atomic mass is 16.5. The monoisotopic (exact) mass is 301 g/mol. The van der Waals surface area contributed by atoms with Crippen LogP contribution < -0.4 is 10.6 Å². The van der Waals surface area contributed by atoms with E-state index in [0.29, 0.717) is 34.9 Å². The predicted molar refractivity (Wildman–Crippen MR) is 85.3 cm³/mol. The molecule has 0 spiro atoms. The summed E-state index contributed by atoms with van der Waals surface area (Å²) in [5.41, 5.74) is 2.45. The van der Waals surface area contributed by atoms with Gasteiger partial charge in [-0.05, 0) is 32.9 Å². The van der Waals surface area contributed by atoms with Gasteiger partial charge < -0.3 is 15.0 Å². The molecule has 1 aromatic heterocycles. The van der Waals surface area contributed by atoms with E-state index in [0.717, 1.165) is 0 Å². The molecule has 0 aliphatic carbocycles. The summed E-state index contributed by atoms with van der Waals surface area (Å²) in [6, 6.07) is 8.72. The average molecular weight is 301 g/mol. The van der Waals surface area contributed by atoms with Crippen LogP contribution >= 0.6 is 0 Å². The molecular formula is C16H19N3O3. The maximum Gasteiger partial charge on any atom is 0.340 e. The van der Waals surface area contributed by atoms with Crippen molar-refractivity contribution in [1.29, 1.82) is 0 Å². The molecule has 0 atom stereocenters. The van der Waals surface area contributed by atoms with E-state index >= 15 is 0 Å². The fourth-order valence-electron chi connectivity index (χ4n) is 2.18. The van der Waals surface area contributed by atoms with Gasteiger partial charge in [-0.2, -0.15) is 0 Å². The standard InChI is InChI=1S/C16H19N3O3/c1-4-22-15(20)13-10(2)14(17-11(13)3)19-16(21)18-12-8-6-5-7-9-12/h5-9,17H,4H2,1-3H3,(H2,18,19,21). The van der Waals surface area contributed by atoms with Crippen molar-refractivity contribution in [1.82, 2.24) is 4.98 Å². The Morgan fingerprint density at radius 2 is 1.82 bits per heavy atom. The van der Waals surface area contributed by atoms with Crippen molar-refractivity contribution >= 4 is 23.5 Å². The number of hydrogen-bond acceptors (Lipinski definition) is 3. The van der Waals surface area contributed by atoms with Crippen LogP contribution in [-0.4, -0.2) is 23.6 Å². The van der Waals surface area contributed by atoms with Crippen LogP contribution in [0.4, 0.5) is 16.3 Å². The van der Waals surface area contributed by atoms with E-state index < -0.39 is 5.97 Å². The summed E-state index contributed by atoms with van der Waals surface area (Å²) in [5, 5.41) is 5.42. The molecule has 0 saturated heterocycles. The number of rotatable bonds is 4. The molecule has 0 fully saturated rings. The first-order valence-electron chi connectivity index (χ1n) is 7.02. The Labute approximate surface area is 128 Å². The second-order valence-electron chi connectivity index (χ2n) is 4.79. The first-order valence-corrected chi connectivity index (χ1v) is 7.02. The molecule has 0 unspecified atom stereocenters. The molecule has 1 heterocycles. The number of aryl methyl sites for hydroxylation is 1. The molecule has 116 valence electrons. The molecule has 3 N–H and O–H groups in total. The van der Waals surface area contributed by atoms with Crippen molar-refractivity contribution in [3.63, 3.8) is 0 Å². The number of benzene rings is 1. The zero-order valence-electron chi connectivity index (χ0n) is 12.8. The summed E-state index contributed by atoms with van der Waals surface area (Å²) in [5.74, 6) is 0.0826. The normalized spacial score (nSPS) is 10.1. The van der Waals surface area contributed by atoms with Crippen LogP contribution in [0.2, 0.25) is 0 Å². The molecule has 2 rings (SSSR count). The van der Waals surface area contributed by atoms with Crippen molar-refractivity contribution in [3.8, 4) is 0 Å². The van der Waals surface area contributed by atoms with E-state index in [2.05, 4.69) is 15.6 Å². The minimum absolute atomic E-state index is 0.306. The lowest BCUT2D eigenvalue weighted by Crippen LogP contribution is -2.20. The largest absolute Gasteiger partial charge is 0.462 e. The molecule has 2 amide bonds. The summed E-state index contributed by atoms with van der Waals surface area (Å²) in [4.78, 5) is 26.9. The van der Waals surface area contributed by atoms with E-state index in [4.69, 9.17) is 4.74 Å². The minimum Gasteiger partial charge on any atom is -0.462 e. The van der Waals surface area contributed by atoms with E-state index in [1.165, 1.54) is 0 Å². The summed E-state index contributed by atoms with van der Waals surface area (Å²) in [7, 11) is 0. The molecule has 0 bridgehead atoms. The SMILES string of the molecule is CCOC(=O)c1c(C)[nH]c(NC(=O)Nc2ccccc2)c1C. The number of amides is 2. The van der Waals surface area contributed by atoms with Gasteiger partial charge in [0, 0.05) is 16.9 Å². The lowest BCUT2D eigenvalue weighted by Gasteiger charge is -2.07. The molecule has 0 radical (unpaired) electrons. The van der Waals surface area contributed by atoms with E-state index in [1.807, 2.05) is 18.2 Å². The first-order chi connectivity index (χ1) is 10.5. The van der Waals surface area contributed by atoms with Gasteiger partial charge in [0.2, 0.25) is 0 Å². The Hall–Kier alpha value is -2.76. The second-order valence-corrected chi connectivity index (χ2v) is 4.79. The number of para-hydroxylation sites is 1. The first kappa shape index (κ1) is 15.6. The van der Waals surface area contributed by atoms with Gasteiger partial charge in [-0.15, -0.1) is 0 Å².